The minimum Gasteiger partial charge on any atom is -0.308 e. The summed E-state index contributed by atoms with van der Waals surface area (Å²) >= 11 is 12.3. The van der Waals surface area contributed by atoms with E-state index in [4.69, 9.17) is 23.2 Å². The Balaban J connectivity index is 1.64. The number of carbonyl (C=O) groups excluding carboxylic acids is 1. The molecular formula is C20H22Cl2N2O. The van der Waals surface area contributed by atoms with Crippen LogP contribution in [-0.2, 0) is 0 Å². The van der Waals surface area contributed by atoms with Gasteiger partial charge < -0.3 is 5.32 Å². The lowest BCUT2D eigenvalue weighted by molar-refractivity contribution is 0.0987. The number of rotatable bonds is 7. The highest BCUT2D eigenvalue weighted by molar-refractivity contribution is 6.31. The third-order valence-corrected chi connectivity index (χ3v) is 5.23. The van der Waals surface area contributed by atoms with Crippen molar-refractivity contribution in [1.29, 1.82) is 0 Å². The van der Waals surface area contributed by atoms with Crippen LogP contribution in [0.2, 0.25) is 10.0 Å². The van der Waals surface area contributed by atoms with Gasteiger partial charge in [0.2, 0.25) is 0 Å². The fourth-order valence-corrected chi connectivity index (χ4v) is 3.68. The molecule has 1 aliphatic rings. The van der Waals surface area contributed by atoms with Gasteiger partial charge in [-0.1, -0.05) is 41.4 Å². The number of Topliss-reactive ketones (excluding diaryl/α,β-unsaturated/α-hetero) is 1. The highest BCUT2D eigenvalue weighted by atomic mass is 35.5. The maximum atomic E-state index is 12.3. The molecular weight excluding hydrogens is 355 g/mol. The molecule has 3 nitrogen and oxygen atoms in total. The van der Waals surface area contributed by atoms with E-state index in [9.17, 15) is 4.79 Å². The first-order chi connectivity index (χ1) is 12.1. The molecule has 1 atom stereocenters. The normalized spacial score (nSPS) is 16.1. The molecule has 1 heterocycles. The Hall–Kier alpha value is -1.39. The van der Waals surface area contributed by atoms with Gasteiger partial charge in [-0.05, 0) is 61.8 Å². The molecule has 5 heteroatoms. The van der Waals surface area contributed by atoms with Gasteiger partial charge in [0.1, 0.15) is 0 Å². The van der Waals surface area contributed by atoms with Crippen molar-refractivity contribution in [3.8, 4) is 0 Å². The summed E-state index contributed by atoms with van der Waals surface area (Å²) < 4.78 is 0. The van der Waals surface area contributed by atoms with Crippen LogP contribution in [0.3, 0.4) is 0 Å². The summed E-state index contributed by atoms with van der Waals surface area (Å²) in [4.78, 5) is 14.8. The Morgan fingerprint density at radius 2 is 1.72 bits per heavy atom. The van der Waals surface area contributed by atoms with Crippen molar-refractivity contribution in [2.24, 2.45) is 0 Å². The van der Waals surface area contributed by atoms with Gasteiger partial charge in [-0.15, -0.1) is 0 Å². The average molecular weight is 377 g/mol. The largest absolute Gasteiger partial charge is 0.308 e. The molecule has 0 saturated carbocycles. The Bertz CT molecular complexity index is 712. The Kier molecular flexibility index (Phi) is 6.49. The lowest BCUT2D eigenvalue weighted by atomic mass is 10.0. The van der Waals surface area contributed by atoms with E-state index >= 15 is 0 Å². The summed E-state index contributed by atoms with van der Waals surface area (Å²) in [6.45, 7) is 3.14. The molecule has 0 spiro atoms. The molecule has 2 aromatic carbocycles. The molecule has 1 saturated heterocycles. The van der Waals surface area contributed by atoms with Crippen LogP contribution in [0.1, 0.15) is 34.8 Å². The van der Waals surface area contributed by atoms with E-state index in [0.29, 0.717) is 23.7 Å². The van der Waals surface area contributed by atoms with Crippen molar-refractivity contribution < 1.29 is 4.79 Å². The van der Waals surface area contributed by atoms with Crippen molar-refractivity contribution >= 4 is 29.0 Å². The van der Waals surface area contributed by atoms with Gasteiger partial charge in [-0.3, -0.25) is 9.69 Å². The molecule has 1 unspecified atom stereocenters. The molecule has 0 aliphatic carbocycles. The number of hydrogen-bond donors (Lipinski definition) is 1. The fraction of sp³-hybridized carbons (Fsp3) is 0.350. The van der Waals surface area contributed by atoms with Gasteiger partial charge >= 0.3 is 0 Å². The van der Waals surface area contributed by atoms with Gasteiger partial charge in [0, 0.05) is 28.2 Å². The second kappa shape index (κ2) is 8.81. The van der Waals surface area contributed by atoms with Crippen LogP contribution in [0, 0.1) is 0 Å². The molecule has 0 amide bonds. The zero-order chi connectivity index (χ0) is 17.6. The quantitative estimate of drug-likeness (QED) is 0.716. The lowest BCUT2D eigenvalue weighted by Gasteiger charge is -2.29. The molecule has 0 bridgehead atoms. The average Bonchev–Trinajstić information content (AvgIpc) is 3.14. The molecule has 0 radical (unpaired) electrons. The van der Waals surface area contributed by atoms with Crippen LogP contribution in [0.4, 0.5) is 0 Å². The van der Waals surface area contributed by atoms with Crippen molar-refractivity contribution in [2.45, 2.75) is 18.9 Å². The highest BCUT2D eigenvalue weighted by Gasteiger charge is 2.24. The van der Waals surface area contributed by atoms with Crippen molar-refractivity contribution in [3.63, 3.8) is 0 Å². The fourth-order valence-electron chi connectivity index (χ4n) is 3.29. The number of nitrogens with one attached hydrogen (secondary N) is 1. The predicted octanol–water partition coefficient (Wildman–Crippen LogP) is 4.60. The number of likely N-dealkylation sites (tertiary alicyclic amines) is 1. The first kappa shape index (κ1) is 18.4. The zero-order valence-electron chi connectivity index (χ0n) is 14.1. The standard InChI is InChI=1S/C20H22Cl2N2O/c21-16-9-7-15(8-10-16)20(25)14-23-13-19(24-11-3-4-12-24)17-5-1-2-6-18(17)22/h1-2,5-10,19,23H,3-4,11-14H2. The molecule has 132 valence electrons. The third kappa shape index (κ3) is 4.83. The summed E-state index contributed by atoms with van der Waals surface area (Å²) in [6.07, 6.45) is 2.43. The number of hydrogen-bond acceptors (Lipinski definition) is 3. The van der Waals surface area contributed by atoms with Crippen LogP contribution in [0.15, 0.2) is 48.5 Å². The van der Waals surface area contributed by atoms with Crippen LogP contribution < -0.4 is 5.32 Å². The molecule has 1 aliphatic heterocycles. The van der Waals surface area contributed by atoms with Crippen LogP contribution in [0.5, 0.6) is 0 Å². The Morgan fingerprint density at radius 3 is 2.40 bits per heavy atom. The monoisotopic (exact) mass is 376 g/mol. The predicted molar refractivity (Wildman–Crippen MR) is 104 cm³/mol. The summed E-state index contributed by atoms with van der Waals surface area (Å²) in [7, 11) is 0. The molecule has 2 aromatic rings. The molecule has 1 fully saturated rings. The first-order valence-electron chi connectivity index (χ1n) is 8.63. The number of nitrogens with zero attached hydrogens (tertiary/aromatic N) is 1. The van der Waals surface area contributed by atoms with E-state index in [1.54, 1.807) is 24.3 Å². The minimum atomic E-state index is 0.0657. The van der Waals surface area contributed by atoms with Crippen LogP contribution in [-0.4, -0.2) is 36.9 Å². The van der Waals surface area contributed by atoms with E-state index < -0.39 is 0 Å². The molecule has 3 rings (SSSR count). The van der Waals surface area contributed by atoms with Gasteiger partial charge in [0.25, 0.3) is 0 Å². The topological polar surface area (TPSA) is 32.3 Å². The summed E-state index contributed by atoms with van der Waals surface area (Å²) in [5.41, 5.74) is 1.80. The summed E-state index contributed by atoms with van der Waals surface area (Å²) in [5.74, 6) is 0.0657. The zero-order valence-corrected chi connectivity index (χ0v) is 15.6. The van der Waals surface area contributed by atoms with Gasteiger partial charge in [0.05, 0.1) is 6.54 Å². The van der Waals surface area contributed by atoms with E-state index in [1.165, 1.54) is 12.8 Å². The second-order valence-electron chi connectivity index (χ2n) is 6.34. The van der Waals surface area contributed by atoms with E-state index in [1.807, 2.05) is 18.2 Å². The first-order valence-corrected chi connectivity index (χ1v) is 9.38. The van der Waals surface area contributed by atoms with Crippen LogP contribution in [0.25, 0.3) is 0 Å². The summed E-state index contributed by atoms with van der Waals surface area (Å²) in [5, 5.41) is 4.74. The third-order valence-electron chi connectivity index (χ3n) is 4.64. The number of halogens is 2. The SMILES string of the molecule is O=C(CNCC(c1ccccc1Cl)N1CCCC1)c1ccc(Cl)cc1. The Morgan fingerprint density at radius 1 is 1.04 bits per heavy atom. The van der Waals surface area contributed by atoms with E-state index in [2.05, 4.69) is 16.3 Å². The lowest BCUT2D eigenvalue weighted by Crippen LogP contribution is -2.36. The summed E-state index contributed by atoms with van der Waals surface area (Å²) in [6, 6.07) is 15.2. The maximum absolute atomic E-state index is 12.3. The number of carbonyl (C=O) groups is 1. The van der Waals surface area contributed by atoms with E-state index in [-0.39, 0.29) is 11.8 Å². The van der Waals surface area contributed by atoms with Gasteiger partial charge in [-0.2, -0.15) is 0 Å². The van der Waals surface area contributed by atoms with Crippen molar-refractivity contribution in [2.75, 3.05) is 26.2 Å². The number of ketones is 1. The van der Waals surface area contributed by atoms with Gasteiger partial charge in [0.15, 0.2) is 5.78 Å². The van der Waals surface area contributed by atoms with Crippen molar-refractivity contribution in [1.82, 2.24) is 10.2 Å². The Labute approximate surface area is 158 Å². The highest BCUT2D eigenvalue weighted by Crippen LogP contribution is 2.29. The van der Waals surface area contributed by atoms with E-state index in [0.717, 1.165) is 23.7 Å². The minimum absolute atomic E-state index is 0.0657. The van der Waals surface area contributed by atoms with Crippen LogP contribution >= 0.6 is 23.2 Å². The molecule has 25 heavy (non-hydrogen) atoms. The maximum Gasteiger partial charge on any atom is 0.176 e. The van der Waals surface area contributed by atoms with Gasteiger partial charge in [-0.25, -0.2) is 0 Å². The molecule has 1 N–H and O–H groups in total. The second-order valence-corrected chi connectivity index (χ2v) is 7.18. The molecule has 0 aromatic heterocycles. The number of benzene rings is 2. The van der Waals surface area contributed by atoms with Crippen molar-refractivity contribution in [3.05, 3.63) is 69.7 Å². The smallest absolute Gasteiger partial charge is 0.176 e.